The molecule has 0 fully saturated rings. The van der Waals surface area contributed by atoms with Crippen molar-refractivity contribution in [2.75, 3.05) is 12.8 Å². The molecule has 2 aromatic rings. The lowest BCUT2D eigenvalue weighted by Crippen LogP contribution is -1.89. The van der Waals surface area contributed by atoms with Crippen LogP contribution in [0, 0.1) is 0 Å². The van der Waals surface area contributed by atoms with Gasteiger partial charge in [-0.1, -0.05) is 0 Å². The zero-order chi connectivity index (χ0) is 12.3. The summed E-state index contributed by atoms with van der Waals surface area (Å²) in [6.07, 6.45) is 0. The monoisotopic (exact) mass is 293 g/mol. The largest absolute Gasteiger partial charge is 0.497 e. The summed E-state index contributed by atoms with van der Waals surface area (Å²) in [6, 6.07) is 12.8. The SMILES string of the molecule is COc1ccc(Oc2ccc(N)cc2Br)cc1. The Morgan fingerprint density at radius 2 is 1.65 bits per heavy atom. The molecule has 0 unspecified atom stereocenters. The highest BCUT2D eigenvalue weighted by atomic mass is 79.9. The van der Waals surface area contributed by atoms with Crippen molar-refractivity contribution in [3.05, 3.63) is 46.9 Å². The number of nitrogens with two attached hydrogens (primary N) is 1. The van der Waals surface area contributed by atoms with Crippen LogP contribution in [0.25, 0.3) is 0 Å². The molecule has 2 aromatic carbocycles. The molecule has 0 spiro atoms. The van der Waals surface area contributed by atoms with E-state index in [4.69, 9.17) is 15.2 Å². The highest BCUT2D eigenvalue weighted by Gasteiger charge is 2.03. The van der Waals surface area contributed by atoms with Gasteiger partial charge < -0.3 is 15.2 Å². The minimum atomic E-state index is 0.693. The second-order valence-corrected chi connectivity index (χ2v) is 4.32. The average Bonchev–Trinajstić information content (AvgIpc) is 2.34. The van der Waals surface area contributed by atoms with Crippen molar-refractivity contribution in [1.29, 1.82) is 0 Å². The third-order valence-electron chi connectivity index (χ3n) is 2.24. The van der Waals surface area contributed by atoms with Gasteiger partial charge in [0.05, 0.1) is 11.6 Å². The standard InChI is InChI=1S/C13H12BrNO2/c1-16-10-3-5-11(6-4-10)17-13-7-2-9(15)8-12(13)14/h2-8H,15H2,1H3. The molecule has 0 heterocycles. The first-order valence-corrected chi connectivity index (χ1v) is 5.85. The molecule has 0 amide bonds. The van der Waals surface area contributed by atoms with Crippen LogP contribution in [-0.4, -0.2) is 7.11 Å². The first kappa shape index (κ1) is 11.8. The lowest BCUT2D eigenvalue weighted by molar-refractivity contribution is 0.412. The maximum Gasteiger partial charge on any atom is 0.141 e. The lowest BCUT2D eigenvalue weighted by Gasteiger charge is -2.08. The van der Waals surface area contributed by atoms with Crippen molar-refractivity contribution in [1.82, 2.24) is 0 Å². The molecule has 0 aliphatic heterocycles. The topological polar surface area (TPSA) is 44.5 Å². The molecule has 0 aromatic heterocycles. The van der Waals surface area contributed by atoms with Gasteiger partial charge in [-0.3, -0.25) is 0 Å². The Bertz CT molecular complexity index is 511. The number of halogens is 1. The minimum Gasteiger partial charge on any atom is -0.497 e. The van der Waals surface area contributed by atoms with Crippen LogP contribution < -0.4 is 15.2 Å². The van der Waals surface area contributed by atoms with Crippen LogP contribution in [0.5, 0.6) is 17.2 Å². The van der Waals surface area contributed by atoms with E-state index in [2.05, 4.69) is 15.9 Å². The first-order valence-electron chi connectivity index (χ1n) is 5.06. The van der Waals surface area contributed by atoms with Crippen LogP contribution in [0.4, 0.5) is 5.69 Å². The van der Waals surface area contributed by atoms with Gasteiger partial charge in [0.15, 0.2) is 0 Å². The number of methoxy groups -OCH3 is 1. The van der Waals surface area contributed by atoms with Gasteiger partial charge in [0.2, 0.25) is 0 Å². The number of hydrogen-bond acceptors (Lipinski definition) is 3. The number of nitrogen functional groups attached to an aromatic ring is 1. The molecule has 2 N–H and O–H groups in total. The Morgan fingerprint density at radius 3 is 2.24 bits per heavy atom. The normalized spacial score (nSPS) is 10.0. The van der Waals surface area contributed by atoms with E-state index in [-0.39, 0.29) is 0 Å². The van der Waals surface area contributed by atoms with E-state index >= 15 is 0 Å². The molecule has 0 bridgehead atoms. The third kappa shape index (κ3) is 2.91. The maximum absolute atomic E-state index is 5.71. The summed E-state index contributed by atoms with van der Waals surface area (Å²) in [5.41, 5.74) is 6.35. The van der Waals surface area contributed by atoms with Crippen LogP contribution in [-0.2, 0) is 0 Å². The second kappa shape index (κ2) is 5.10. The van der Waals surface area contributed by atoms with E-state index in [1.807, 2.05) is 30.3 Å². The summed E-state index contributed by atoms with van der Waals surface area (Å²) >= 11 is 3.40. The summed E-state index contributed by atoms with van der Waals surface area (Å²) in [5.74, 6) is 2.27. The van der Waals surface area contributed by atoms with Gasteiger partial charge in [-0.2, -0.15) is 0 Å². The molecule has 3 nitrogen and oxygen atoms in total. The Balaban J connectivity index is 2.19. The van der Waals surface area contributed by atoms with Crippen LogP contribution >= 0.6 is 15.9 Å². The van der Waals surface area contributed by atoms with E-state index in [0.29, 0.717) is 5.69 Å². The zero-order valence-corrected chi connectivity index (χ0v) is 10.9. The van der Waals surface area contributed by atoms with Gasteiger partial charge in [0.25, 0.3) is 0 Å². The summed E-state index contributed by atoms with van der Waals surface area (Å²) in [7, 11) is 1.63. The van der Waals surface area contributed by atoms with Crippen molar-refractivity contribution in [3.63, 3.8) is 0 Å². The van der Waals surface area contributed by atoms with Crippen molar-refractivity contribution in [2.24, 2.45) is 0 Å². The Labute approximate surface area is 108 Å². The summed E-state index contributed by atoms with van der Waals surface area (Å²) in [6.45, 7) is 0. The van der Waals surface area contributed by atoms with E-state index in [1.54, 1.807) is 19.2 Å². The summed E-state index contributed by atoms with van der Waals surface area (Å²) in [5, 5.41) is 0. The molecule has 0 atom stereocenters. The molecule has 17 heavy (non-hydrogen) atoms. The second-order valence-electron chi connectivity index (χ2n) is 3.47. The zero-order valence-electron chi connectivity index (χ0n) is 9.31. The predicted molar refractivity (Wildman–Crippen MR) is 71.6 cm³/mol. The van der Waals surface area contributed by atoms with Crippen molar-refractivity contribution >= 4 is 21.6 Å². The molecular formula is C13H12BrNO2. The number of benzene rings is 2. The quantitative estimate of drug-likeness (QED) is 0.875. The summed E-state index contributed by atoms with van der Waals surface area (Å²) in [4.78, 5) is 0. The van der Waals surface area contributed by atoms with Gasteiger partial charge >= 0.3 is 0 Å². The molecule has 0 aliphatic rings. The fourth-order valence-electron chi connectivity index (χ4n) is 1.37. The van der Waals surface area contributed by atoms with E-state index in [1.165, 1.54) is 0 Å². The fourth-order valence-corrected chi connectivity index (χ4v) is 1.85. The van der Waals surface area contributed by atoms with Gasteiger partial charge in [-0.05, 0) is 58.4 Å². The van der Waals surface area contributed by atoms with Crippen molar-refractivity contribution in [2.45, 2.75) is 0 Å². The predicted octanol–water partition coefficient (Wildman–Crippen LogP) is 3.83. The van der Waals surface area contributed by atoms with E-state index in [0.717, 1.165) is 21.7 Å². The summed E-state index contributed by atoms with van der Waals surface area (Å²) < 4.78 is 11.6. The molecule has 4 heteroatoms. The van der Waals surface area contributed by atoms with Gasteiger partial charge in [-0.25, -0.2) is 0 Å². The van der Waals surface area contributed by atoms with E-state index < -0.39 is 0 Å². The van der Waals surface area contributed by atoms with Crippen molar-refractivity contribution < 1.29 is 9.47 Å². The van der Waals surface area contributed by atoms with Crippen LogP contribution in [0.1, 0.15) is 0 Å². The smallest absolute Gasteiger partial charge is 0.141 e. The lowest BCUT2D eigenvalue weighted by atomic mass is 10.3. The number of anilines is 1. The van der Waals surface area contributed by atoms with E-state index in [9.17, 15) is 0 Å². The van der Waals surface area contributed by atoms with Crippen molar-refractivity contribution in [3.8, 4) is 17.2 Å². The first-order chi connectivity index (χ1) is 8.19. The maximum atomic E-state index is 5.71. The Morgan fingerprint density at radius 1 is 1.00 bits per heavy atom. The molecule has 0 saturated carbocycles. The van der Waals surface area contributed by atoms with Crippen LogP contribution in [0.2, 0.25) is 0 Å². The van der Waals surface area contributed by atoms with Crippen LogP contribution in [0.15, 0.2) is 46.9 Å². The molecule has 0 radical (unpaired) electrons. The molecule has 88 valence electrons. The molecule has 0 saturated heterocycles. The Kier molecular flexibility index (Phi) is 3.54. The number of ether oxygens (including phenoxy) is 2. The molecular weight excluding hydrogens is 282 g/mol. The minimum absolute atomic E-state index is 0.693. The molecule has 2 rings (SSSR count). The Hall–Kier alpha value is -1.68. The highest BCUT2D eigenvalue weighted by molar-refractivity contribution is 9.10. The van der Waals surface area contributed by atoms with Gasteiger partial charge in [0.1, 0.15) is 17.2 Å². The van der Waals surface area contributed by atoms with Crippen LogP contribution in [0.3, 0.4) is 0 Å². The average molecular weight is 294 g/mol. The molecule has 0 aliphatic carbocycles. The number of rotatable bonds is 3. The highest BCUT2D eigenvalue weighted by Crippen LogP contribution is 2.31. The van der Waals surface area contributed by atoms with Gasteiger partial charge in [-0.15, -0.1) is 0 Å². The van der Waals surface area contributed by atoms with Gasteiger partial charge in [0, 0.05) is 5.69 Å². The number of hydrogen-bond donors (Lipinski definition) is 1. The third-order valence-corrected chi connectivity index (χ3v) is 2.86. The fraction of sp³-hybridized carbons (Fsp3) is 0.0769.